The minimum atomic E-state index is 0.210. The van der Waals surface area contributed by atoms with Crippen molar-refractivity contribution in [2.75, 3.05) is 46.0 Å². The maximum absolute atomic E-state index is 9.56. The Morgan fingerprint density at radius 2 is 1.90 bits per heavy atom. The second-order valence-corrected chi connectivity index (χ2v) is 8.79. The first kappa shape index (κ1) is 23.0. The number of aliphatic imine (C=N–C) groups is 1. The lowest BCUT2D eigenvalue weighted by Crippen LogP contribution is -2.44. The number of morpholine rings is 1. The molecule has 2 aliphatic rings. The first-order chi connectivity index (χ1) is 14.7. The molecule has 168 valence electrons. The molecule has 0 atom stereocenters. The molecular formula is C24H40N4O2. The highest BCUT2D eigenvalue weighted by Gasteiger charge is 2.31. The van der Waals surface area contributed by atoms with E-state index in [-0.39, 0.29) is 12.0 Å². The van der Waals surface area contributed by atoms with E-state index < -0.39 is 0 Å². The Balaban J connectivity index is 1.57. The standard InChI is InChI=1S/C24H40N4O2/c1-2-25-23(27-20-24(11-14-29)9-4-3-5-10-24)26-18-21-7-6-8-22(17-21)19-28-12-15-30-16-13-28/h6-8,17,29H,2-5,9-16,18-20H2,1H3,(H2,25,26,27). The average Bonchev–Trinajstić information content (AvgIpc) is 2.78. The molecule has 6 nitrogen and oxygen atoms in total. The van der Waals surface area contributed by atoms with Crippen LogP contribution >= 0.6 is 0 Å². The molecule has 6 heteroatoms. The third-order valence-electron chi connectivity index (χ3n) is 6.45. The van der Waals surface area contributed by atoms with E-state index in [0.29, 0.717) is 6.54 Å². The summed E-state index contributed by atoms with van der Waals surface area (Å²) >= 11 is 0. The number of nitrogens with one attached hydrogen (secondary N) is 2. The van der Waals surface area contributed by atoms with Crippen LogP contribution in [0, 0.1) is 5.41 Å². The van der Waals surface area contributed by atoms with Crippen LogP contribution in [0.1, 0.15) is 56.6 Å². The fourth-order valence-electron chi connectivity index (χ4n) is 4.68. The van der Waals surface area contributed by atoms with E-state index in [1.807, 2.05) is 0 Å². The second kappa shape index (κ2) is 12.3. The summed E-state index contributed by atoms with van der Waals surface area (Å²) in [7, 11) is 0. The van der Waals surface area contributed by atoms with Gasteiger partial charge in [-0.15, -0.1) is 0 Å². The van der Waals surface area contributed by atoms with Crippen molar-refractivity contribution in [1.82, 2.24) is 15.5 Å². The van der Waals surface area contributed by atoms with Crippen LogP contribution in [-0.2, 0) is 17.8 Å². The minimum Gasteiger partial charge on any atom is -0.396 e. The van der Waals surface area contributed by atoms with Crippen molar-refractivity contribution >= 4 is 5.96 Å². The molecule has 1 aromatic carbocycles. The maximum Gasteiger partial charge on any atom is 0.191 e. The smallest absolute Gasteiger partial charge is 0.191 e. The Bertz CT molecular complexity index is 647. The molecule has 1 heterocycles. The van der Waals surface area contributed by atoms with Gasteiger partial charge in [0.25, 0.3) is 0 Å². The summed E-state index contributed by atoms with van der Waals surface area (Å²) in [5.41, 5.74) is 2.79. The van der Waals surface area contributed by atoms with Crippen molar-refractivity contribution in [3.8, 4) is 0 Å². The number of nitrogens with zero attached hydrogens (tertiary/aromatic N) is 2. The van der Waals surface area contributed by atoms with Crippen LogP contribution < -0.4 is 10.6 Å². The van der Waals surface area contributed by atoms with E-state index in [9.17, 15) is 5.11 Å². The van der Waals surface area contributed by atoms with E-state index in [1.54, 1.807) is 0 Å². The highest BCUT2D eigenvalue weighted by atomic mass is 16.5. The number of aliphatic hydroxyl groups excluding tert-OH is 1. The summed E-state index contributed by atoms with van der Waals surface area (Å²) in [6, 6.07) is 8.77. The van der Waals surface area contributed by atoms with Crippen LogP contribution in [0.4, 0.5) is 0 Å². The molecule has 3 rings (SSSR count). The molecule has 2 fully saturated rings. The predicted octanol–water partition coefficient (Wildman–Crippen LogP) is 2.91. The first-order valence-electron chi connectivity index (χ1n) is 11.7. The molecule has 0 unspecified atom stereocenters. The van der Waals surface area contributed by atoms with E-state index in [1.165, 1.54) is 43.2 Å². The predicted molar refractivity (Wildman–Crippen MR) is 123 cm³/mol. The molecule has 1 aliphatic carbocycles. The molecule has 0 amide bonds. The number of benzene rings is 1. The zero-order valence-electron chi connectivity index (χ0n) is 18.7. The van der Waals surface area contributed by atoms with Crippen molar-refractivity contribution in [2.45, 2.75) is 58.5 Å². The third kappa shape index (κ3) is 7.25. The number of ether oxygens (including phenoxy) is 1. The van der Waals surface area contributed by atoms with Crippen LogP contribution in [0.25, 0.3) is 0 Å². The molecule has 0 bridgehead atoms. The van der Waals surface area contributed by atoms with Crippen molar-refractivity contribution in [1.29, 1.82) is 0 Å². The van der Waals surface area contributed by atoms with E-state index in [2.05, 4.69) is 46.7 Å². The van der Waals surface area contributed by atoms with Gasteiger partial charge in [-0.25, -0.2) is 4.99 Å². The van der Waals surface area contributed by atoms with Gasteiger partial charge < -0.3 is 20.5 Å². The zero-order valence-corrected chi connectivity index (χ0v) is 18.7. The second-order valence-electron chi connectivity index (χ2n) is 8.79. The zero-order chi connectivity index (χ0) is 21.1. The summed E-state index contributed by atoms with van der Waals surface area (Å²) in [6.45, 7) is 9.42. The Morgan fingerprint density at radius 1 is 1.13 bits per heavy atom. The molecule has 3 N–H and O–H groups in total. The number of hydrogen-bond acceptors (Lipinski definition) is 4. The van der Waals surface area contributed by atoms with Gasteiger partial charge >= 0.3 is 0 Å². The van der Waals surface area contributed by atoms with E-state index >= 15 is 0 Å². The van der Waals surface area contributed by atoms with Gasteiger partial charge in [0, 0.05) is 39.3 Å². The van der Waals surface area contributed by atoms with E-state index in [0.717, 1.165) is 58.3 Å². The molecule has 1 aromatic rings. The van der Waals surface area contributed by atoms with Crippen molar-refractivity contribution < 1.29 is 9.84 Å². The van der Waals surface area contributed by atoms with Gasteiger partial charge in [-0.2, -0.15) is 0 Å². The molecular weight excluding hydrogens is 376 g/mol. The van der Waals surface area contributed by atoms with Crippen LogP contribution in [0.5, 0.6) is 0 Å². The van der Waals surface area contributed by atoms with Crippen LogP contribution in [0.3, 0.4) is 0 Å². The lowest BCUT2D eigenvalue weighted by atomic mass is 9.72. The van der Waals surface area contributed by atoms with Gasteiger partial charge in [0.1, 0.15) is 0 Å². The number of aliphatic hydroxyl groups is 1. The Kier molecular flexibility index (Phi) is 9.43. The summed E-state index contributed by atoms with van der Waals surface area (Å²) in [4.78, 5) is 7.29. The summed E-state index contributed by atoms with van der Waals surface area (Å²) < 4.78 is 5.45. The van der Waals surface area contributed by atoms with Gasteiger partial charge in [0.15, 0.2) is 5.96 Å². The fourth-order valence-corrected chi connectivity index (χ4v) is 4.68. The lowest BCUT2D eigenvalue weighted by molar-refractivity contribution is 0.0342. The Hall–Kier alpha value is -1.63. The Labute approximate surface area is 182 Å². The van der Waals surface area contributed by atoms with Crippen LogP contribution in [0.2, 0.25) is 0 Å². The summed E-state index contributed by atoms with van der Waals surface area (Å²) in [5, 5.41) is 16.5. The normalized spacial score (nSPS) is 20.1. The van der Waals surface area contributed by atoms with Gasteiger partial charge in [-0.1, -0.05) is 43.5 Å². The quantitative estimate of drug-likeness (QED) is 0.427. The fraction of sp³-hybridized carbons (Fsp3) is 0.708. The van der Waals surface area contributed by atoms with Crippen LogP contribution in [0.15, 0.2) is 29.3 Å². The maximum atomic E-state index is 9.56. The van der Waals surface area contributed by atoms with Crippen molar-refractivity contribution in [3.63, 3.8) is 0 Å². The number of guanidine groups is 1. The molecule has 0 radical (unpaired) electrons. The molecule has 1 saturated carbocycles. The molecule has 0 aromatic heterocycles. The van der Waals surface area contributed by atoms with Gasteiger partial charge in [-0.3, -0.25) is 4.90 Å². The average molecular weight is 417 g/mol. The largest absolute Gasteiger partial charge is 0.396 e. The van der Waals surface area contributed by atoms with Crippen molar-refractivity contribution in [2.24, 2.45) is 10.4 Å². The molecule has 1 saturated heterocycles. The molecule has 0 spiro atoms. The highest BCUT2D eigenvalue weighted by molar-refractivity contribution is 5.79. The summed E-state index contributed by atoms with van der Waals surface area (Å²) in [6.07, 6.45) is 7.13. The van der Waals surface area contributed by atoms with Crippen molar-refractivity contribution in [3.05, 3.63) is 35.4 Å². The lowest BCUT2D eigenvalue weighted by Gasteiger charge is -2.37. The van der Waals surface area contributed by atoms with Gasteiger partial charge in [-0.05, 0) is 42.7 Å². The van der Waals surface area contributed by atoms with Crippen LogP contribution in [-0.4, -0.2) is 62.0 Å². The number of rotatable bonds is 9. The molecule has 1 aliphatic heterocycles. The number of hydrogen-bond donors (Lipinski definition) is 3. The highest BCUT2D eigenvalue weighted by Crippen LogP contribution is 2.38. The third-order valence-corrected chi connectivity index (χ3v) is 6.45. The summed E-state index contributed by atoms with van der Waals surface area (Å²) in [5.74, 6) is 0.874. The molecule has 30 heavy (non-hydrogen) atoms. The van der Waals surface area contributed by atoms with Gasteiger partial charge in [0.05, 0.1) is 19.8 Å². The minimum absolute atomic E-state index is 0.210. The SMILES string of the molecule is CCNC(=NCc1cccc(CN2CCOCC2)c1)NCC1(CCO)CCCCC1. The first-order valence-corrected chi connectivity index (χ1v) is 11.7. The van der Waals surface area contributed by atoms with E-state index in [4.69, 9.17) is 9.73 Å². The van der Waals surface area contributed by atoms with Gasteiger partial charge in [0.2, 0.25) is 0 Å². The monoisotopic (exact) mass is 416 g/mol. The Morgan fingerprint density at radius 3 is 2.63 bits per heavy atom. The topological polar surface area (TPSA) is 69.1 Å².